The number of benzene rings is 1. The number of hydrogen-bond acceptors (Lipinski definition) is 6. The molecule has 2 aliphatic rings. The molecule has 0 aliphatic carbocycles. The molecule has 1 saturated heterocycles. The Balaban J connectivity index is 0.00000225. The van der Waals surface area contributed by atoms with Crippen LogP contribution in [0.2, 0.25) is 0 Å². The summed E-state index contributed by atoms with van der Waals surface area (Å²) in [6.07, 6.45) is 0. The normalized spacial score (nSPS) is 23.1. The number of nitrogens with two attached hydrogens (primary N) is 1. The van der Waals surface area contributed by atoms with Crippen LogP contribution in [-0.4, -0.2) is 39.9 Å². The topological polar surface area (TPSA) is 116 Å². The van der Waals surface area contributed by atoms with Gasteiger partial charge < -0.3 is 21.0 Å². The van der Waals surface area contributed by atoms with E-state index in [1.54, 1.807) is 31.2 Å². The predicted octanol–water partition coefficient (Wildman–Crippen LogP) is -3.89. The number of nitrogens with zero attached hydrogens (tertiary/aromatic N) is 1. The number of amides is 2. The van der Waals surface area contributed by atoms with E-state index < -0.39 is 35.2 Å². The molecule has 0 radical (unpaired) electrons. The van der Waals surface area contributed by atoms with Crippen LogP contribution in [0.5, 0.6) is 0 Å². The van der Waals surface area contributed by atoms with Gasteiger partial charge in [-0.2, -0.15) is 0 Å². The van der Waals surface area contributed by atoms with E-state index in [1.807, 2.05) is 6.07 Å². The Morgan fingerprint density at radius 2 is 2.00 bits per heavy atom. The second-order valence-electron chi connectivity index (χ2n) is 5.70. The van der Waals surface area contributed by atoms with Crippen molar-refractivity contribution in [3.05, 3.63) is 47.2 Å². The maximum Gasteiger partial charge on any atom is 1.00 e. The van der Waals surface area contributed by atoms with Crippen molar-refractivity contribution >= 4 is 29.5 Å². The summed E-state index contributed by atoms with van der Waals surface area (Å²) < 4.78 is 0. The Kier molecular flexibility index (Phi) is 6.34. The first-order chi connectivity index (χ1) is 11.4. The summed E-state index contributed by atoms with van der Waals surface area (Å²) in [5.74, 6) is -1.84. The fourth-order valence-electron chi connectivity index (χ4n) is 2.82. The van der Waals surface area contributed by atoms with Gasteiger partial charge in [-0.1, -0.05) is 30.3 Å². The van der Waals surface area contributed by atoms with Crippen LogP contribution in [0.3, 0.4) is 0 Å². The third kappa shape index (κ3) is 3.63. The summed E-state index contributed by atoms with van der Waals surface area (Å²) >= 11 is 1.40. The first-order valence-corrected chi connectivity index (χ1v) is 8.43. The summed E-state index contributed by atoms with van der Waals surface area (Å²) in [6, 6.07) is 7.16. The monoisotopic (exact) mass is 369 g/mol. The average molecular weight is 369 g/mol. The van der Waals surface area contributed by atoms with Crippen molar-refractivity contribution in [3.8, 4) is 0 Å². The van der Waals surface area contributed by atoms with E-state index in [0.717, 1.165) is 0 Å². The van der Waals surface area contributed by atoms with Crippen molar-refractivity contribution < 1.29 is 49.0 Å². The summed E-state index contributed by atoms with van der Waals surface area (Å²) in [6.45, 7) is 1.65. The van der Waals surface area contributed by atoms with Gasteiger partial charge in [0.1, 0.15) is 17.5 Å². The number of carbonyl (C=O) groups excluding carboxylic acids is 3. The largest absolute Gasteiger partial charge is 1.00 e. The minimum Gasteiger partial charge on any atom is -0.543 e. The minimum absolute atomic E-state index is 0. The molecule has 0 saturated carbocycles. The van der Waals surface area contributed by atoms with Crippen LogP contribution in [0.25, 0.3) is 0 Å². The van der Waals surface area contributed by atoms with Crippen LogP contribution in [0.1, 0.15) is 18.5 Å². The number of rotatable bonds is 4. The molecule has 9 heteroatoms. The summed E-state index contributed by atoms with van der Waals surface area (Å²) in [5.41, 5.74) is 7.04. The number of fused-ring (bicyclic) bond motifs is 1. The van der Waals surface area contributed by atoms with Crippen molar-refractivity contribution in [1.82, 2.24) is 10.2 Å². The van der Waals surface area contributed by atoms with E-state index in [0.29, 0.717) is 16.9 Å². The molecule has 0 aromatic heterocycles. The summed E-state index contributed by atoms with van der Waals surface area (Å²) in [5, 5.41) is 13.4. The number of carbonyl (C=O) groups is 3. The molecule has 3 N–H and O–H groups in total. The van der Waals surface area contributed by atoms with E-state index in [2.05, 4.69) is 5.32 Å². The molecule has 1 aromatic rings. The van der Waals surface area contributed by atoms with Crippen LogP contribution in [-0.2, 0) is 14.4 Å². The molecule has 3 rings (SSSR count). The van der Waals surface area contributed by atoms with Crippen LogP contribution in [0.4, 0.5) is 0 Å². The Labute approximate surface area is 171 Å². The van der Waals surface area contributed by atoms with Crippen LogP contribution < -0.4 is 45.7 Å². The molecular weight excluding hydrogens is 353 g/mol. The van der Waals surface area contributed by atoms with Gasteiger partial charge in [-0.15, -0.1) is 11.8 Å². The van der Waals surface area contributed by atoms with Crippen LogP contribution >= 0.6 is 11.8 Å². The van der Waals surface area contributed by atoms with Crippen molar-refractivity contribution in [3.63, 3.8) is 0 Å². The van der Waals surface area contributed by atoms with E-state index in [-0.39, 0.29) is 35.3 Å². The molecule has 1 unspecified atom stereocenters. The molecule has 2 aliphatic heterocycles. The number of carboxylic acid groups (broad SMARTS) is 1. The Hall–Kier alpha value is -1.32. The van der Waals surface area contributed by atoms with Crippen molar-refractivity contribution in [2.75, 3.05) is 5.75 Å². The zero-order chi connectivity index (χ0) is 17.4. The number of thioether (sulfide) groups is 1. The van der Waals surface area contributed by atoms with E-state index >= 15 is 0 Å². The molecule has 0 spiro atoms. The molecule has 0 bridgehead atoms. The first-order valence-electron chi connectivity index (χ1n) is 7.38. The molecular formula is C16H16N3NaO4S. The smallest absolute Gasteiger partial charge is 0.543 e. The van der Waals surface area contributed by atoms with Gasteiger partial charge >= 0.3 is 29.6 Å². The maximum atomic E-state index is 12.3. The van der Waals surface area contributed by atoms with Crippen LogP contribution in [0, 0.1) is 0 Å². The number of carboxylic acids is 1. The molecule has 7 nitrogen and oxygen atoms in total. The SMILES string of the molecule is CC1=C(C(=O)[O-])N2C(=O)[C@H](NC(=O)[C@@H](N)c3ccccc3)C2SC1.[Na+]. The van der Waals surface area contributed by atoms with E-state index in [9.17, 15) is 19.5 Å². The average Bonchev–Trinajstić information content (AvgIpc) is 2.59. The zero-order valence-electron chi connectivity index (χ0n) is 13.9. The minimum atomic E-state index is -1.38. The zero-order valence-corrected chi connectivity index (χ0v) is 16.7. The fraction of sp³-hybridized carbons (Fsp3) is 0.312. The Bertz CT molecular complexity index is 740. The van der Waals surface area contributed by atoms with Crippen molar-refractivity contribution in [2.24, 2.45) is 5.73 Å². The van der Waals surface area contributed by atoms with Crippen LogP contribution in [0.15, 0.2) is 41.6 Å². The van der Waals surface area contributed by atoms with Gasteiger partial charge in [0.25, 0.3) is 5.91 Å². The maximum absolute atomic E-state index is 12.3. The molecule has 2 heterocycles. The van der Waals surface area contributed by atoms with Crippen molar-refractivity contribution in [1.29, 1.82) is 0 Å². The molecule has 126 valence electrons. The number of nitrogens with one attached hydrogen (secondary N) is 1. The summed E-state index contributed by atoms with van der Waals surface area (Å²) in [7, 11) is 0. The van der Waals surface area contributed by atoms with Gasteiger partial charge in [-0.05, 0) is 18.1 Å². The molecule has 3 atom stereocenters. The number of β-lactam (4-membered cyclic amide) rings is 1. The Morgan fingerprint density at radius 1 is 1.36 bits per heavy atom. The predicted molar refractivity (Wildman–Crippen MR) is 86.1 cm³/mol. The third-order valence-electron chi connectivity index (χ3n) is 4.09. The van der Waals surface area contributed by atoms with Gasteiger partial charge in [0, 0.05) is 5.75 Å². The van der Waals surface area contributed by atoms with E-state index in [4.69, 9.17) is 5.73 Å². The first kappa shape index (κ1) is 20.0. The molecule has 2 amide bonds. The van der Waals surface area contributed by atoms with Gasteiger partial charge in [-0.3, -0.25) is 14.5 Å². The molecule has 25 heavy (non-hydrogen) atoms. The van der Waals surface area contributed by atoms with Gasteiger partial charge in [0.15, 0.2) is 0 Å². The van der Waals surface area contributed by atoms with Gasteiger partial charge in [0.05, 0.1) is 11.7 Å². The standard InChI is InChI=1S/C16H17N3O4S.Na/c1-8-7-24-15-11(14(21)19(15)12(8)16(22)23)18-13(20)10(17)9-5-3-2-4-6-9;/h2-6,10-11,15H,7,17H2,1H3,(H,18,20)(H,22,23);/q;+1/p-1/t10-,11-,15?;/m0./s1. The van der Waals surface area contributed by atoms with E-state index in [1.165, 1.54) is 16.7 Å². The Morgan fingerprint density at radius 3 is 2.60 bits per heavy atom. The van der Waals surface area contributed by atoms with Crippen molar-refractivity contribution in [2.45, 2.75) is 24.4 Å². The van der Waals surface area contributed by atoms with Gasteiger partial charge in [0.2, 0.25) is 5.91 Å². The number of aliphatic carboxylic acids is 1. The fourth-order valence-corrected chi connectivity index (χ4v) is 4.11. The molecule has 1 aromatic carbocycles. The second-order valence-corrected chi connectivity index (χ2v) is 6.81. The molecule has 1 fully saturated rings. The second kappa shape index (κ2) is 7.92. The third-order valence-corrected chi connectivity index (χ3v) is 5.52. The number of hydrogen-bond donors (Lipinski definition) is 2. The summed E-state index contributed by atoms with van der Waals surface area (Å²) in [4.78, 5) is 37.0. The van der Waals surface area contributed by atoms with Gasteiger partial charge in [-0.25, -0.2) is 0 Å². The quantitative estimate of drug-likeness (QED) is 0.414.